The van der Waals surface area contributed by atoms with Crippen molar-refractivity contribution < 1.29 is 33.2 Å². The molecule has 0 radical (unpaired) electrons. The van der Waals surface area contributed by atoms with Gasteiger partial charge in [0.15, 0.2) is 18.9 Å². The zero-order chi connectivity index (χ0) is 31.7. The molecular weight excluding hydrogens is 544 g/mol. The van der Waals surface area contributed by atoms with Crippen LogP contribution in [0.3, 0.4) is 0 Å². The third-order valence-corrected chi connectivity index (χ3v) is 13.1. The first-order chi connectivity index (χ1) is 20.2. The van der Waals surface area contributed by atoms with E-state index in [1.807, 2.05) is 0 Å². The monoisotopic (exact) mass is 610 g/mol. The van der Waals surface area contributed by atoms with Crippen LogP contribution in [0.25, 0.3) is 0 Å². The minimum atomic E-state index is -0.260. The number of hydrogen-bond acceptors (Lipinski definition) is 7. The maximum absolute atomic E-state index is 6.62. The van der Waals surface area contributed by atoms with Gasteiger partial charge in [0, 0.05) is 30.3 Å². The lowest BCUT2D eigenvalue weighted by Crippen LogP contribution is -2.51. The Kier molecular flexibility index (Phi) is 12.5. The molecule has 0 N–H and O–H groups in total. The average Bonchev–Trinajstić information content (AvgIpc) is 2.97. The van der Waals surface area contributed by atoms with Crippen molar-refractivity contribution in [1.82, 2.24) is 0 Å². The van der Waals surface area contributed by atoms with Gasteiger partial charge in [-0.15, -0.1) is 0 Å². The fourth-order valence-corrected chi connectivity index (χ4v) is 8.15. The van der Waals surface area contributed by atoms with Gasteiger partial charge in [0.1, 0.15) is 0 Å². The summed E-state index contributed by atoms with van der Waals surface area (Å²) in [5, 5.41) is 0. The summed E-state index contributed by atoms with van der Waals surface area (Å²) in [5.41, 5.74) is 0. The average molecular weight is 611 g/mol. The van der Waals surface area contributed by atoms with Crippen molar-refractivity contribution in [2.75, 3.05) is 26.4 Å². The van der Waals surface area contributed by atoms with Crippen LogP contribution in [-0.2, 0) is 33.2 Å². The first-order valence-corrected chi connectivity index (χ1v) is 17.7. The van der Waals surface area contributed by atoms with Crippen LogP contribution in [0.5, 0.6) is 0 Å². The number of hydrogen-bond donors (Lipinski definition) is 0. The summed E-state index contributed by atoms with van der Waals surface area (Å²) < 4.78 is 44.9. The van der Waals surface area contributed by atoms with Gasteiger partial charge >= 0.3 is 0 Å². The highest BCUT2D eigenvalue weighted by atomic mass is 16.7. The third kappa shape index (κ3) is 7.82. The van der Waals surface area contributed by atoms with Crippen molar-refractivity contribution in [3.8, 4) is 0 Å². The quantitative estimate of drug-likeness (QED) is 0.272. The van der Waals surface area contributed by atoms with Crippen LogP contribution in [0.15, 0.2) is 0 Å². The van der Waals surface area contributed by atoms with Crippen LogP contribution < -0.4 is 0 Å². The fraction of sp³-hybridized carbons (Fsp3) is 1.00. The fourth-order valence-electron chi connectivity index (χ4n) is 8.15. The van der Waals surface area contributed by atoms with E-state index >= 15 is 0 Å². The molecule has 4 aliphatic rings. The molecule has 4 saturated heterocycles. The van der Waals surface area contributed by atoms with Gasteiger partial charge in [-0.1, -0.05) is 62.3 Å². The molecular formula is C36H66O7. The molecule has 8 unspecified atom stereocenters. The third-order valence-electron chi connectivity index (χ3n) is 13.1. The van der Waals surface area contributed by atoms with Gasteiger partial charge in [-0.2, -0.15) is 0 Å². The van der Waals surface area contributed by atoms with Crippen molar-refractivity contribution in [3.05, 3.63) is 0 Å². The Morgan fingerprint density at radius 2 is 0.837 bits per heavy atom. The van der Waals surface area contributed by atoms with E-state index in [-0.39, 0.29) is 61.0 Å². The molecule has 4 heterocycles. The molecule has 0 aromatic carbocycles. The summed E-state index contributed by atoms with van der Waals surface area (Å²) in [6, 6.07) is 0. The summed E-state index contributed by atoms with van der Waals surface area (Å²) in [4.78, 5) is 0. The molecule has 4 rings (SSSR count). The van der Waals surface area contributed by atoms with Crippen LogP contribution >= 0.6 is 0 Å². The second-order valence-electron chi connectivity index (χ2n) is 15.5. The molecule has 0 aromatic rings. The Hall–Kier alpha value is -0.280. The minimum absolute atomic E-state index is 0.0466. The summed E-state index contributed by atoms with van der Waals surface area (Å²) in [6.07, 6.45) is 0.0260. The summed E-state index contributed by atoms with van der Waals surface area (Å²) in [6.45, 7) is 32.1. The largest absolute Gasteiger partial charge is 0.378 e. The number of ether oxygens (including phenoxy) is 7. The maximum Gasteiger partial charge on any atom is 0.160 e. The summed E-state index contributed by atoms with van der Waals surface area (Å²) in [5.74, 6) is 4.82. The van der Waals surface area contributed by atoms with Crippen molar-refractivity contribution in [2.45, 2.75) is 133 Å². The first-order valence-electron chi connectivity index (χ1n) is 17.7. The van der Waals surface area contributed by atoms with E-state index in [1.165, 1.54) is 0 Å². The summed E-state index contributed by atoms with van der Waals surface area (Å²) in [7, 11) is 0. The predicted octanol–water partition coefficient (Wildman–Crippen LogP) is 7.26. The van der Waals surface area contributed by atoms with Crippen molar-refractivity contribution in [3.63, 3.8) is 0 Å². The molecule has 4 fully saturated rings. The van der Waals surface area contributed by atoms with Gasteiger partial charge in [0.05, 0.1) is 44.2 Å². The van der Waals surface area contributed by atoms with E-state index in [0.29, 0.717) is 66.5 Å². The molecule has 0 aromatic heterocycles. The van der Waals surface area contributed by atoms with Gasteiger partial charge in [0.25, 0.3) is 0 Å². The highest BCUT2D eigenvalue weighted by molar-refractivity contribution is 4.88. The Bertz CT molecular complexity index is 855. The minimum Gasteiger partial charge on any atom is -0.378 e. The van der Waals surface area contributed by atoms with Crippen LogP contribution in [0.4, 0.5) is 0 Å². The zero-order valence-electron chi connectivity index (χ0n) is 29.7. The molecule has 7 nitrogen and oxygen atoms in total. The van der Waals surface area contributed by atoms with E-state index in [2.05, 4.69) is 90.0 Å². The Morgan fingerprint density at radius 1 is 0.395 bits per heavy atom. The highest BCUT2D eigenvalue weighted by Crippen LogP contribution is 2.41. The first kappa shape index (κ1) is 35.6. The second kappa shape index (κ2) is 15.1. The van der Waals surface area contributed by atoms with Gasteiger partial charge in [-0.05, 0) is 75.0 Å². The Morgan fingerprint density at radius 3 is 1.44 bits per heavy atom. The van der Waals surface area contributed by atoms with Gasteiger partial charge in [0.2, 0.25) is 0 Å². The smallest absolute Gasteiger partial charge is 0.160 e. The van der Waals surface area contributed by atoms with E-state index in [0.717, 1.165) is 13.2 Å². The molecule has 252 valence electrons. The van der Waals surface area contributed by atoms with Gasteiger partial charge < -0.3 is 33.2 Å². The number of rotatable bonds is 9. The normalized spacial score (nSPS) is 53.1. The van der Waals surface area contributed by atoms with Crippen molar-refractivity contribution in [1.29, 1.82) is 0 Å². The van der Waals surface area contributed by atoms with E-state index < -0.39 is 0 Å². The standard InChI is InChI=1S/C36H66O7/c1-18-14-37-27(10)24(7)31(18)15-38-35-23(6)21(4)33(30(13)43-35)17-40-36-26(9)32(25(8)29(12)42-36)16-39-34-22(5)19(2)20(3)28(11)41-34/h18-36H,14-17H2,1-13H3/t18?,19-,20-,21+,22?,23?,24+,25+,26?,27?,28?,29?,30?,31+,32-,33-,34+,35+,36+/m0/s1. The second-order valence-corrected chi connectivity index (χ2v) is 15.5. The molecule has 0 bridgehead atoms. The van der Waals surface area contributed by atoms with Gasteiger partial charge in [-0.25, -0.2) is 0 Å². The van der Waals surface area contributed by atoms with Crippen LogP contribution in [0.1, 0.15) is 90.0 Å². The lowest BCUT2D eigenvalue weighted by molar-refractivity contribution is -0.291. The van der Waals surface area contributed by atoms with Crippen LogP contribution in [0, 0.1) is 71.0 Å². The summed E-state index contributed by atoms with van der Waals surface area (Å²) >= 11 is 0. The van der Waals surface area contributed by atoms with Crippen LogP contribution in [0.2, 0.25) is 0 Å². The van der Waals surface area contributed by atoms with Crippen LogP contribution in [-0.4, -0.2) is 69.7 Å². The van der Waals surface area contributed by atoms with E-state index in [9.17, 15) is 0 Å². The SMILES string of the molecule is CC1O[C@@H](OC[C@@H]2C(C)[C@H](OC[C@@H]3C(C)O[C@@H](OC[C@@H]4C(C)COC(C)[C@H]4C)C(C)[C@H]3C)OC(C)[C@H]2C)C(C)[C@@H](C)[C@@H]1C. The molecule has 19 atom stereocenters. The highest BCUT2D eigenvalue weighted by Gasteiger charge is 2.45. The molecule has 43 heavy (non-hydrogen) atoms. The lowest BCUT2D eigenvalue weighted by atomic mass is 9.77. The molecule has 0 aliphatic carbocycles. The molecule has 4 aliphatic heterocycles. The zero-order valence-corrected chi connectivity index (χ0v) is 29.7. The maximum atomic E-state index is 6.62. The van der Waals surface area contributed by atoms with E-state index in [1.54, 1.807) is 0 Å². The molecule has 0 amide bonds. The molecule has 7 heteroatoms. The van der Waals surface area contributed by atoms with E-state index in [4.69, 9.17) is 33.2 Å². The molecule has 0 saturated carbocycles. The molecule has 0 spiro atoms. The Balaban J connectivity index is 1.30. The van der Waals surface area contributed by atoms with Crippen molar-refractivity contribution >= 4 is 0 Å². The van der Waals surface area contributed by atoms with Crippen molar-refractivity contribution in [2.24, 2.45) is 71.0 Å². The topological polar surface area (TPSA) is 64.6 Å². The van der Waals surface area contributed by atoms with Gasteiger partial charge in [-0.3, -0.25) is 0 Å². The predicted molar refractivity (Wildman–Crippen MR) is 169 cm³/mol. The lowest BCUT2D eigenvalue weighted by Gasteiger charge is -2.47. The Labute approximate surface area is 263 Å².